The Balaban J connectivity index is 0.000000205. The zero-order valence-electron chi connectivity index (χ0n) is 11.0. The predicted molar refractivity (Wildman–Crippen MR) is 85.4 cm³/mol. The second-order valence-corrected chi connectivity index (χ2v) is 5.13. The predicted octanol–water partition coefficient (Wildman–Crippen LogP) is 5.28. The first kappa shape index (κ1) is 14.7. The van der Waals surface area contributed by atoms with E-state index in [-0.39, 0.29) is 0 Å². The van der Waals surface area contributed by atoms with Crippen LogP contribution >= 0.6 is 24.2 Å². The lowest BCUT2D eigenvalue weighted by atomic mass is 10.1. The van der Waals surface area contributed by atoms with E-state index in [1.807, 2.05) is 55.5 Å². The van der Waals surface area contributed by atoms with E-state index in [0.717, 1.165) is 15.7 Å². The molecule has 0 N–H and O–H groups in total. The molecule has 3 rings (SSSR count). The van der Waals surface area contributed by atoms with Crippen molar-refractivity contribution in [3.8, 4) is 11.1 Å². The molecule has 0 bridgehead atoms. The Morgan fingerprint density at radius 3 is 1.85 bits per heavy atom. The Morgan fingerprint density at radius 2 is 1.45 bits per heavy atom. The molecule has 2 nitrogen and oxygen atoms in total. The van der Waals surface area contributed by atoms with Crippen molar-refractivity contribution in [3.63, 3.8) is 0 Å². The van der Waals surface area contributed by atoms with Crippen LogP contribution in [0.15, 0.2) is 70.2 Å². The van der Waals surface area contributed by atoms with Crippen LogP contribution in [0, 0.1) is 6.92 Å². The summed E-state index contributed by atoms with van der Waals surface area (Å²) in [5, 5.41) is 4.21. The summed E-state index contributed by atoms with van der Waals surface area (Å²) < 4.78 is 4.58. The van der Waals surface area contributed by atoms with Gasteiger partial charge in [-0.15, -0.1) is 12.6 Å². The number of aromatic nitrogens is 1. The largest absolute Gasteiger partial charge is 0.362 e. The lowest BCUT2D eigenvalue weighted by Gasteiger charge is -2.01. The molecule has 0 aliphatic carbocycles. The fourth-order valence-electron chi connectivity index (χ4n) is 1.58. The van der Waals surface area contributed by atoms with Gasteiger partial charge in [-0.1, -0.05) is 41.0 Å². The fraction of sp³-hybridized carbons (Fsp3) is 0.0625. The van der Waals surface area contributed by atoms with Crippen molar-refractivity contribution in [3.05, 3.63) is 71.6 Å². The SMILES string of the molecule is Cc1ccno1.Sc1ccc(-c2ccc(Cl)cc2)cc1. The Bertz CT molecular complexity index is 590. The fourth-order valence-corrected chi connectivity index (χ4v) is 1.85. The molecule has 0 aliphatic heterocycles. The van der Waals surface area contributed by atoms with E-state index in [1.54, 1.807) is 12.3 Å². The van der Waals surface area contributed by atoms with Crippen LogP contribution < -0.4 is 0 Å². The first-order valence-corrected chi connectivity index (χ1v) is 6.90. The number of hydrogen-bond acceptors (Lipinski definition) is 3. The minimum absolute atomic E-state index is 0.763. The van der Waals surface area contributed by atoms with Gasteiger partial charge in [0.05, 0.1) is 6.20 Å². The standard InChI is InChI=1S/C12H9ClS.C4H5NO/c13-11-5-1-9(2-6-11)10-3-7-12(14)8-4-10;1-4-2-3-5-6-4/h1-8,14H;2-3H,1H3. The van der Waals surface area contributed by atoms with Gasteiger partial charge in [0, 0.05) is 16.0 Å². The molecule has 0 unspecified atom stereocenters. The van der Waals surface area contributed by atoms with Crippen LogP contribution in [0.5, 0.6) is 0 Å². The number of thiol groups is 1. The number of rotatable bonds is 1. The smallest absolute Gasteiger partial charge is 0.133 e. The Kier molecular flexibility index (Phi) is 5.27. The highest BCUT2D eigenvalue weighted by Crippen LogP contribution is 2.22. The average Bonchev–Trinajstić information content (AvgIpc) is 2.93. The molecule has 1 aromatic heterocycles. The van der Waals surface area contributed by atoms with Gasteiger partial charge in [-0.3, -0.25) is 0 Å². The molecular weight excluding hydrogens is 290 g/mol. The normalized spacial score (nSPS) is 9.75. The number of benzene rings is 2. The Morgan fingerprint density at radius 1 is 0.900 bits per heavy atom. The summed E-state index contributed by atoms with van der Waals surface area (Å²) in [7, 11) is 0. The molecule has 0 spiro atoms. The highest BCUT2D eigenvalue weighted by molar-refractivity contribution is 7.80. The van der Waals surface area contributed by atoms with Crippen molar-refractivity contribution >= 4 is 24.2 Å². The molecule has 0 radical (unpaired) electrons. The van der Waals surface area contributed by atoms with Crippen molar-refractivity contribution in [2.75, 3.05) is 0 Å². The van der Waals surface area contributed by atoms with Gasteiger partial charge in [-0.2, -0.15) is 0 Å². The second kappa shape index (κ2) is 7.17. The maximum atomic E-state index is 5.81. The summed E-state index contributed by atoms with van der Waals surface area (Å²) >= 11 is 10.1. The maximum absolute atomic E-state index is 5.81. The Labute approximate surface area is 128 Å². The lowest BCUT2D eigenvalue weighted by molar-refractivity contribution is 0.397. The molecule has 0 saturated heterocycles. The summed E-state index contributed by atoms with van der Waals surface area (Å²) in [4.78, 5) is 0.975. The number of halogens is 1. The minimum Gasteiger partial charge on any atom is -0.362 e. The van der Waals surface area contributed by atoms with E-state index < -0.39 is 0 Å². The van der Waals surface area contributed by atoms with Gasteiger partial charge in [0.2, 0.25) is 0 Å². The van der Waals surface area contributed by atoms with Crippen LogP contribution in [0.25, 0.3) is 11.1 Å². The van der Waals surface area contributed by atoms with Crippen molar-refractivity contribution < 1.29 is 4.52 Å². The van der Waals surface area contributed by atoms with E-state index in [1.165, 1.54) is 11.1 Å². The van der Waals surface area contributed by atoms with Crippen LogP contribution in [0.3, 0.4) is 0 Å². The molecule has 2 aromatic carbocycles. The van der Waals surface area contributed by atoms with Crippen LogP contribution in [-0.4, -0.2) is 5.16 Å². The van der Waals surface area contributed by atoms with E-state index >= 15 is 0 Å². The van der Waals surface area contributed by atoms with E-state index in [2.05, 4.69) is 22.3 Å². The van der Waals surface area contributed by atoms with Gasteiger partial charge in [-0.25, -0.2) is 0 Å². The third-order valence-corrected chi connectivity index (χ3v) is 3.16. The molecular formula is C16H14ClNOS. The zero-order valence-corrected chi connectivity index (χ0v) is 12.6. The van der Waals surface area contributed by atoms with Crippen LogP contribution in [0.1, 0.15) is 5.76 Å². The van der Waals surface area contributed by atoms with Crippen LogP contribution in [0.4, 0.5) is 0 Å². The highest BCUT2D eigenvalue weighted by atomic mass is 35.5. The maximum Gasteiger partial charge on any atom is 0.133 e. The zero-order chi connectivity index (χ0) is 14.4. The van der Waals surface area contributed by atoms with E-state index in [9.17, 15) is 0 Å². The Hall–Kier alpha value is -1.71. The summed E-state index contributed by atoms with van der Waals surface area (Å²) in [6.45, 7) is 1.85. The van der Waals surface area contributed by atoms with Crippen molar-refractivity contribution in [1.29, 1.82) is 0 Å². The van der Waals surface area contributed by atoms with Crippen molar-refractivity contribution in [2.24, 2.45) is 0 Å². The summed E-state index contributed by atoms with van der Waals surface area (Å²) in [5.74, 6) is 0.856. The van der Waals surface area contributed by atoms with E-state index in [0.29, 0.717) is 0 Å². The quantitative estimate of drug-likeness (QED) is 0.619. The lowest BCUT2D eigenvalue weighted by Crippen LogP contribution is -1.76. The van der Waals surface area contributed by atoms with Crippen LogP contribution in [0.2, 0.25) is 5.02 Å². The molecule has 102 valence electrons. The van der Waals surface area contributed by atoms with Crippen molar-refractivity contribution in [1.82, 2.24) is 5.16 Å². The second-order valence-electron chi connectivity index (χ2n) is 4.18. The van der Waals surface area contributed by atoms with Crippen molar-refractivity contribution in [2.45, 2.75) is 11.8 Å². The van der Waals surface area contributed by atoms with Gasteiger partial charge >= 0.3 is 0 Å². The van der Waals surface area contributed by atoms with Gasteiger partial charge in [0.15, 0.2) is 0 Å². The van der Waals surface area contributed by atoms with E-state index in [4.69, 9.17) is 11.6 Å². The molecule has 0 fully saturated rings. The summed E-state index contributed by atoms with van der Waals surface area (Å²) in [6, 6.07) is 17.7. The summed E-state index contributed by atoms with van der Waals surface area (Å²) in [5.41, 5.74) is 2.35. The van der Waals surface area contributed by atoms with Gasteiger partial charge in [-0.05, 0) is 42.3 Å². The minimum atomic E-state index is 0.763. The third-order valence-electron chi connectivity index (χ3n) is 2.61. The van der Waals surface area contributed by atoms with Gasteiger partial charge in [0.1, 0.15) is 5.76 Å². The number of hydrogen-bond donors (Lipinski definition) is 1. The highest BCUT2D eigenvalue weighted by Gasteiger charge is 1.96. The number of nitrogens with zero attached hydrogens (tertiary/aromatic N) is 1. The monoisotopic (exact) mass is 303 g/mol. The first-order valence-electron chi connectivity index (χ1n) is 6.07. The number of aryl methyl sites for hydroxylation is 1. The average molecular weight is 304 g/mol. The molecule has 3 aromatic rings. The molecule has 0 atom stereocenters. The molecule has 4 heteroatoms. The molecule has 0 aliphatic rings. The topological polar surface area (TPSA) is 26.0 Å². The molecule has 1 heterocycles. The van der Waals surface area contributed by atoms with Gasteiger partial charge < -0.3 is 4.52 Å². The van der Waals surface area contributed by atoms with Gasteiger partial charge in [0.25, 0.3) is 0 Å². The molecule has 20 heavy (non-hydrogen) atoms. The van der Waals surface area contributed by atoms with Crippen LogP contribution in [-0.2, 0) is 0 Å². The molecule has 0 saturated carbocycles. The summed E-state index contributed by atoms with van der Waals surface area (Å²) in [6.07, 6.45) is 1.62. The third kappa shape index (κ3) is 4.44. The molecule has 0 amide bonds. The first-order chi connectivity index (χ1) is 9.65.